The number of anilines is 3. The van der Waals surface area contributed by atoms with Crippen molar-refractivity contribution in [2.24, 2.45) is 0 Å². The number of benzene rings is 10. The van der Waals surface area contributed by atoms with Crippen molar-refractivity contribution < 1.29 is 0 Å². The number of fused-ring (bicyclic) bond motifs is 16. The lowest BCUT2D eigenvalue weighted by molar-refractivity contribution is 0.793. The van der Waals surface area contributed by atoms with Crippen molar-refractivity contribution in [1.29, 1.82) is 5.26 Å². The zero-order chi connectivity index (χ0) is 38.4. The molecule has 0 N–H and O–H groups in total. The maximum absolute atomic E-state index is 9.41. The first-order chi connectivity index (χ1) is 28.7. The Labute approximate surface area is 337 Å². The van der Waals surface area contributed by atoms with Crippen LogP contribution in [0.2, 0.25) is 0 Å². The van der Waals surface area contributed by atoms with E-state index in [1.54, 1.807) is 0 Å². The van der Waals surface area contributed by atoms with Crippen LogP contribution in [0.1, 0.15) is 27.8 Å². The molecule has 0 unspecified atom stereocenters. The Morgan fingerprint density at radius 3 is 1.26 bits per heavy atom. The summed E-state index contributed by atoms with van der Waals surface area (Å²) in [6, 6.07) is 77.6. The quantitative estimate of drug-likeness (QED) is 0.168. The van der Waals surface area contributed by atoms with Gasteiger partial charge in [-0.15, -0.1) is 0 Å². The lowest BCUT2D eigenvalue weighted by Gasteiger charge is -2.32. The summed E-state index contributed by atoms with van der Waals surface area (Å²) in [6.07, 6.45) is 0. The molecule has 12 rings (SSSR count). The lowest BCUT2D eigenvalue weighted by Crippen LogP contribution is -2.26. The van der Waals surface area contributed by atoms with Crippen LogP contribution in [-0.4, -0.2) is 0 Å². The van der Waals surface area contributed by atoms with Crippen molar-refractivity contribution in [2.75, 3.05) is 4.90 Å². The molecule has 2 aliphatic carbocycles. The number of hydrogen-bond acceptors (Lipinski definition) is 2. The third-order valence-corrected chi connectivity index (χ3v) is 12.7. The van der Waals surface area contributed by atoms with Crippen LogP contribution in [0.4, 0.5) is 17.1 Å². The Hall–Kier alpha value is -7.73. The van der Waals surface area contributed by atoms with Crippen molar-refractivity contribution in [3.05, 3.63) is 234 Å². The predicted molar refractivity (Wildman–Crippen MR) is 240 cm³/mol. The monoisotopic (exact) mass is 734 g/mol. The molecule has 0 atom stereocenters. The SMILES string of the molecule is N#Cc1ccc(-c2ccc(N(c3ccc4c(c3)C3(c5ccccc5-c5ccccc53)c3ccccc3-4)c3ccc4c5ccccc5c5ccccc5c4c3)cc2)cc1. The second-order valence-corrected chi connectivity index (χ2v) is 15.5. The van der Waals surface area contributed by atoms with Crippen LogP contribution in [0.15, 0.2) is 206 Å². The third-order valence-electron chi connectivity index (χ3n) is 12.7. The van der Waals surface area contributed by atoms with Gasteiger partial charge in [-0.2, -0.15) is 5.26 Å². The van der Waals surface area contributed by atoms with Crippen LogP contribution in [0.3, 0.4) is 0 Å². The maximum atomic E-state index is 9.41. The summed E-state index contributed by atoms with van der Waals surface area (Å²) in [6.45, 7) is 0. The molecule has 2 aliphatic rings. The third kappa shape index (κ3) is 4.47. The first-order valence-electron chi connectivity index (χ1n) is 19.9. The normalized spacial score (nSPS) is 12.9. The first kappa shape index (κ1) is 32.5. The van der Waals surface area contributed by atoms with E-state index in [0.717, 1.165) is 28.2 Å². The van der Waals surface area contributed by atoms with Gasteiger partial charge in [0, 0.05) is 17.1 Å². The van der Waals surface area contributed by atoms with Crippen molar-refractivity contribution >= 4 is 49.4 Å². The summed E-state index contributed by atoms with van der Waals surface area (Å²) in [7, 11) is 0. The van der Waals surface area contributed by atoms with Gasteiger partial charge in [0.2, 0.25) is 0 Å². The van der Waals surface area contributed by atoms with Crippen LogP contribution in [-0.2, 0) is 5.41 Å². The van der Waals surface area contributed by atoms with Gasteiger partial charge in [0.05, 0.1) is 17.0 Å². The molecular weight excluding hydrogens is 701 g/mol. The topological polar surface area (TPSA) is 27.0 Å². The average Bonchev–Trinajstić information content (AvgIpc) is 3.77. The molecule has 0 heterocycles. The summed E-state index contributed by atoms with van der Waals surface area (Å²) in [4.78, 5) is 2.43. The predicted octanol–water partition coefficient (Wildman–Crippen LogP) is 14.5. The summed E-state index contributed by atoms with van der Waals surface area (Å²) in [5.74, 6) is 0. The molecular formula is C56H34N2. The Balaban J connectivity index is 1.11. The molecule has 0 saturated heterocycles. The molecule has 10 aromatic rings. The van der Waals surface area contributed by atoms with Gasteiger partial charge in [-0.05, 0) is 136 Å². The van der Waals surface area contributed by atoms with Gasteiger partial charge in [0.1, 0.15) is 0 Å². The number of nitrogens with zero attached hydrogens (tertiary/aromatic N) is 2. The van der Waals surface area contributed by atoms with Crippen LogP contribution in [0, 0.1) is 11.3 Å². The minimum absolute atomic E-state index is 0.446. The molecule has 0 bridgehead atoms. The van der Waals surface area contributed by atoms with Gasteiger partial charge >= 0.3 is 0 Å². The van der Waals surface area contributed by atoms with E-state index < -0.39 is 5.41 Å². The van der Waals surface area contributed by atoms with Crippen LogP contribution in [0.25, 0.3) is 65.7 Å². The molecule has 2 nitrogen and oxygen atoms in total. The first-order valence-corrected chi connectivity index (χ1v) is 19.9. The summed E-state index contributed by atoms with van der Waals surface area (Å²) in [5.41, 5.74) is 16.1. The van der Waals surface area contributed by atoms with Gasteiger partial charge in [0.15, 0.2) is 0 Å². The fraction of sp³-hybridized carbons (Fsp3) is 0.0179. The molecule has 0 fully saturated rings. The smallest absolute Gasteiger partial charge is 0.0991 e. The molecule has 268 valence electrons. The molecule has 2 heteroatoms. The van der Waals surface area contributed by atoms with Gasteiger partial charge in [-0.3, -0.25) is 0 Å². The minimum atomic E-state index is -0.446. The summed E-state index contributed by atoms with van der Waals surface area (Å²) in [5, 5.41) is 16.9. The molecule has 0 aliphatic heterocycles. The fourth-order valence-corrected chi connectivity index (χ4v) is 10.2. The highest BCUT2D eigenvalue weighted by Gasteiger charge is 2.51. The van der Waals surface area contributed by atoms with E-state index >= 15 is 0 Å². The Kier molecular flexibility index (Phi) is 6.94. The minimum Gasteiger partial charge on any atom is -0.310 e. The maximum Gasteiger partial charge on any atom is 0.0991 e. The van der Waals surface area contributed by atoms with Gasteiger partial charge in [-0.25, -0.2) is 0 Å². The zero-order valence-electron chi connectivity index (χ0n) is 31.5. The van der Waals surface area contributed by atoms with Gasteiger partial charge in [0.25, 0.3) is 0 Å². The van der Waals surface area contributed by atoms with E-state index in [-0.39, 0.29) is 0 Å². The molecule has 58 heavy (non-hydrogen) atoms. The second-order valence-electron chi connectivity index (χ2n) is 15.5. The fourth-order valence-electron chi connectivity index (χ4n) is 10.2. The van der Waals surface area contributed by atoms with Crippen LogP contribution >= 0.6 is 0 Å². The molecule has 10 aromatic carbocycles. The highest BCUT2D eigenvalue weighted by Crippen LogP contribution is 2.63. The second kappa shape index (κ2) is 12.4. The molecule has 1 spiro atoms. The zero-order valence-corrected chi connectivity index (χ0v) is 31.5. The molecule has 0 saturated carbocycles. The van der Waals surface area contributed by atoms with Crippen molar-refractivity contribution in [2.45, 2.75) is 5.41 Å². The van der Waals surface area contributed by atoms with E-state index in [0.29, 0.717) is 5.56 Å². The highest BCUT2D eigenvalue weighted by atomic mass is 15.1. The Bertz CT molecular complexity index is 3250. The van der Waals surface area contributed by atoms with E-state index in [2.05, 4.69) is 193 Å². The van der Waals surface area contributed by atoms with Crippen molar-refractivity contribution in [3.63, 3.8) is 0 Å². The van der Waals surface area contributed by atoms with E-state index in [4.69, 9.17) is 0 Å². The standard InChI is InChI=1S/C56H34N2/c57-35-36-21-23-37(24-22-36)38-25-27-39(28-26-38)58(40-29-31-46-44-13-2-1-11-42(44)43-12-3-4-14-45(43)51(46)33-40)41-30-32-50-49-17-7-10-20-54(49)56(55(50)34-41)52-18-8-5-15-47(52)48-16-6-9-19-53(48)56/h1-34H. The molecule has 0 amide bonds. The van der Waals surface area contributed by atoms with Crippen molar-refractivity contribution in [3.8, 4) is 39.4 Å². The average molecular weight is 735 g/mol. The Morgan fingerprint density at radius 1 is 0.328 bits per heavy atom. The van der Waals surface area contributed by atoms with E-state index in [9.17, 15) is 5.26 Å². The number of rotatable bonds is 4. The van der Waals surface area contributed by atoms with Gasteiger partial charge < -0.3 is 4.90 Å². The van der Waals surface area contributed by atoms with Crippen LogP contribution < -0.4 is 4.90 Å². The number of hydrogen-bond donors (Lipinski definition) is 0. The van der Waals surface area contributed by atoms with Crippen LogP contribution in [0.5, 0.6) is 0 Å². The molecule has 0 aromatic heterocycles. The van der Waals surface area contributed by atoms with E-state index in [1.165, 1.54) is 76.8 Å². The Morgan fingerprint density at radius 2 is 0.724 bits per heavy atom. The largest absolute Gasteiger partial charge is 0.310 e. The highest BCUT2D eigenvalue weighted by molar-refractivity contribution is 6.25. The number of nitriles is 1. The van der Waals surface area contributed by atoms with Gasteiger partial charge in [-0.1, -0.05) is 158 Å². The summed E-state index contributed by atoms with van der Waals surface area (Å²) >= 11 is 0. The van der Waals surface area contributed by atoms with E-state index in [1.807, 2.05) is 24.3 Å². The van der Waals surface area contributed by atoms with Crippen molar-refractivity contribution in [1.82, 2.24) is 0 Å². The lowest BCUT2D eigenvalue weighted by atomic mass is 9.70. The summed E-state index contributed by atoms with van der Waals surface area (Å²) < 4.78 is 0. The molecule has 0 radical (unpaired) electrons.